The Morgan fingerprint density at radius 2 is 1.78 bits per heavy atom. The molecule has 2 aromatic carbocycles. The lowest BCUT2D eigenvalue weighted by molar-refractivity contribution is 0.548. The van der Waals surface area contributed by atoms with Crippen LogP contribution in [-0.2, 0) is 0 Å². The summed E-state index contributed by atoms with van der Waals surface area (Å²) in [6, 6.07) is 22.6. The number of anilines is 1. The van der Waals surface area contributed by atoms with E-state index >= 15 is 0 Å². The van der Waals surface area contributed by atoms with Gasteiger partial charge in [-0.3, -0.25) is 4.98 Å². The topological polar surface area (TPSA) is 33.1 Å². The Kier molecular flexibility index (Phi) is 5.23. The van der Waals surface area contributed by atoms with Gasteiger partial charge in [0.25, 0.3) is 0 Å². The van der Waals surface area contributed by atoms with Gasteiger partial charge in [-0.25, -0.2) is 4.39 Å². The minimum Gasteiger partial charge on any atom is -0.351 e. The van der Waals surface area contributed by atoms with Crippen molar-refractivity contribution in [2.45, 2.75) is 25.9 Å². The molecule has 0 spiro atoms. The maximum Gasteiger partial charge on any atom is 0.174 e. The van der Waals surface area contributed by atoms with E-state index < -0.39 is 0 Å². The molecule has 1 saturated heterocycles. The molecule has 0 radical (unpaired) electrons. The fourth-order valence-electron chi connectivity index (χ4n) is 4.31. The van der Waals surface area contributed by atoms with Crippen molar-refractivity contribution in [1.82, 2.24) is 14.9 Å². The number of nitrogens with zero attached hydrogens (tertiary/aromatic N) is 3. The lowest BCUT2D eigenvalue weighted by atomic mass is 10.00. The van der Waals surface area contributed by atoms with Crippen molar-refractivity contribution in [1.29, 1.82) is 0 Å². The normalized spacial score (nSPS) is 18.1. The van der Waals surface area contributed by atoms with Gasteiger partial charge in [-0.15, -0.1) is 0 Å². The SMILES string of the molecule is Cc1ccc(N2C(=S)N[C@@H](c3ccccn3)[C@H]2c2cccn2-c2cccc(F)c2)cc1C. The van der Waals surface area contributed by atoms with Crippen molar-refractivity contribution in [3.63, 3.8) is 0 Å². The molecule has 1 aliphatic rings. The van der Waals surface area contributed by atoms with Gasteiger partial charge >= 0.3 is 0 Å². The minimum atomic E-state index is -0.269. The van der Waals surface area contributed by atoms with Gasteiger partial charge in [-0.2, -0.15) is 0 Å². The van der Waals surface area contributed by atoms with Crippen LogP contribution in [0, 0.1) is 19.7 Å². The minimum absolute atomic E-state index is 0.160. The summed E-state index contributed by atoms with van der Waals surface area (Å²) in [6.45, 7) is 4.20. The summed E-state index contributed by atoms with van der Waals surface area (Å²) in [7, 11) is 0. The van der Waals surface area contributed by atoms with Crippen molar-refractivity contribution in [2.24, 2.45) is 0 Å². The van der Waals surface area contributed by atoms with Gasteiger partial charge in [0.2, 0.25) is 0 Å². The highest BCUT2D eigenvalue weighted by atomic mass is 32.1. The Labute approximate surface area is 192 Å². The van der Waals surface area contributed by atoms with Crippen LogP contribution >= 0.6 is 12.2 Å². The van der Waals surface area contributed by atoms with E-state index in [0.717, 1.165) is 22.8 Å². The van der Waals surface area contributed by atoms with E-state index in [2.05, 4.69) is 53.3 Å². The summed E-state index contributed by atoms with van der Waals surface area (Å²) in [5.41, 5.74) is 6.11. The lowest BCUT2D eigenvalue weighted by Gasteiger charge is -2.29. The molecule has 1 N–H and O–H groups in total. The average molecular weight is 443 g/mol. The summed E-state index contributed by atoms with van der Waals surface area (Å²) in [6.07, 6.45) is 3.75. The molecule has 1 fully saturated rings. The van der Waals surface area contributed by atoms with Crippen LogP contribution in [0.2, 0.25) is 0 Å². The van der Waals surface area contributed by atoms with Crippen LogP contribution in [-0.4, -0.2) is 14.7 Å². The highest BCUT2D eigenvalue weighted by Gasteiger charge is 2.42. The third-order valence-electron chi connectivity index (χ3n) is 6.04. The lowest BCUT2D eigenvalue weighted by Crippen LogP contribution is -2.30. The molecule has 0 unspecified atom stereocenters. The van der Waals surface area contributed by atoms with Crippen molar-refractivity contribution in [3.8, 4) is 5.69 Å². The van der Waals surface area contributed by atoms with E-state index in [0.29, 0.717) is 5.11 Å². The van der Waals surface area contributed by atoms with Crippen LogP contribution in [0.15, 0.2) is 85.2 Å². The summed E-state index contributed by atoms with van der Waals surface area (Å²) < 4.78 is 16.0. The second kappa shape index (κ2) is 8.20. The number of halogens is 1. The van der Waals surface area contributed by atoms with Crippen LogP contribution in [0.3, 0.4) is 0 Å². The summed E-state index contributed by atoms with van der Waals surface area (Å²) in [4.78, 5) is 6.76. The number of pyridine rings is 1. The number of benzene rings is 2. The second-order valence-electron chi connectivity index (χ2n) is 8.05. The monoisotopic (exact) mass is 442 g/mol. The number of aryl methyl sites for hydroxylation is 2. The van der Waals surface area contributed by atoms with E-state index in [4.69, 9.17) is 12.2 Å². The predicted octanol–water partition coefficient (Wildman–Crippen LogP) is 5.81. The second-order valence-corrected chi connectivity index (χ2v) is 8.43. The zero-order valence-electron chi connectivity index (χ0n) is 17.9. The number of aromatic nitrogens is 2. The Morgan fingerprint density at radius 1 is 0.906 bits per heavy atom. The number of hydrogen-bond acceptors (Lipinski definition) is 2. The highest BCUT2D eigenvalue weighted by molar-refractivity contribution is 7.80. The number of thiocarbonyl (C=S) groups is 1. The molecule has 5 rings (SSSR count). The molecule has 0 aliphatic carbocycles. The van der Waals surface area contributed by atoms with Gasteiger partial charge in [0.15, 0.2) is 5.11 Å². The van der Waals surface area contributed by atoms with Gasteiger partial charge in [0, 0.05) is 29.5 Å². The molecular formula is C26H23FN4S. The van der Waals surface area contributed by atoms with Gasteiger partial charge in [-0.1, -0.05) is 18.2 Å². The number of hydrogen-bond donors (Lipinski definition) is 1. The van der Waals surface area contributed by atoms with Crippen molar-refractivity contribution >= 4 is 23.0 Å². The van der Waals surface area contributed by atoms with E-state index in [1.807, 2.05) is 41.1 Å². The Bertz CT molecular complexity index is 1280. The van der Waals surface area contributed by atoms with Gasteiger partial charge in [0.05, 0.1) is 11.7 Å². The van der Waals surface area contributed by atoms with E-state index in [1.54, 1.807) is 18.3 Å². The fourth-order valence-corrected chi connectivity index (χ4v) is 4.65. The number of nitrogens with one attached hydrogen (secondary N) is 1. The van der Waals surface area contributed by atoms with Crippen LogP contribution in [0.4, 0.5) is 10.1 Å². The first-order valence-corrected chi connectivity index (χ1v) is 10.9. The molecule has 6 heteroatoms. The first kappa shape index (κ1) is 20.4. The van der Waals surface area contributed by atoms with Gasteiger partial charge < -0.3 is 14.8 Å². The first-order chi connectivity index (χ1) is 15.5. The van der Waals surface area contributed by atoms with Crippen molar-refractivity contribution in [3.05, 3.63) is 114 Å². The van der Waals surface area contributed by atoms with Gasteiger partial charge in [0.1, 0.15) is 11.9 Å². The maximum atomic E-state index is 14.0. The molecule has 0 bridgehead atoms. The highest BCUT2D eigenvalue weighted by Crippen LogP contribution is 2.42. The summed E-state index contributed by atoms with van der Waals surface area (Å²) >= 11 is 5.83. The smallest absolute Gasteiger partial charge is 0.174 e. The van der Waals surface area contributed by atoms with Crippen LogP contribution < -0.4 is 10.2 Å². The zero-order chi connectivity index (χ0) is 22.2. The molecule has 2 atom stereocenters. The Balaban J connectivity index is 1.68. The summed E-state index contributed by atoms with van der Waals surface area (Å²) in [5.74, 6) is -0.269. The van der Waals surface area contributed by atoms with Crippen LogP contribution in [0.1, 0.15) is 34.6 Å². The van der Waals surface area contributed by atoms with E-state index in [1.165, 1.54) is 17.2 Å². The molecule has 4 aromatic rings. The summed E-state index contributed by atoms with van der Waals surface area (Å²) in [5, 5.41) is 4.13. The molecule has 160 valence electrons. The largest absolute Gasteiger partial charge is 0.351 e. The van der Waals surface area contributed by atoms with Crippen molar-refractivity contribution < 1.29 is 4.39 Å². The van der Waals surface area contributed by atoms with E-state index in [-0.39, 0.29) is 17.9 Å². The molecule has 3 heterocycles. The molecular weight excluding hydrogens is 419 g/mol. The molecule has 0 amide bonds. The Morgan fingerprint density at radius 3 is 2.53 bits per heavy atom. The predicted molar refractivity (Wildman–Crippen MR) is 130 cm³/mol. The van der Waals surface area contributed by atoms with Gasteiger partial charge in [-0.05, 0) is 91.8 Å². The molecule has 0 saturated carbocycles. The molecule has 2 aromatic heterocycles. The standard InChI is InChI=1S/C26H23FN4S/c1-17-11-12-21(15-18(17)2)31-25(24(29-26(31)32)22-9-3-4-13-28-22)23-10-6-14-30(23)20-8-5-7-19(27)16-20/h3-16,24-25H,1-2H3,(H,29,32)/t24-,25+/m0/s1. The van der Waals surface area contributed by atoms with E-state index in [9.17, 15) is 4.39 Å². The zero-order valence-corrected chi connectivity index (χ0v) is 18.7. The molecule has 1 aliphatic heterocycles. The average Bonchev–Trinajstić information content (AvgIpc) is 3.40. The Hall–Kier alpha value is -3.51. The van der Waals surface area contributed by atoms with Crippen LogP contribution in [0.5, 0.6) is 0 Å². The fraction of sp³-hybridized carbons (Fsp3) is 0.154. The number of rotatable bonds is 4. The third kappa shape index (κ3) is 3.56. The third-order valence-corrected chi connectivity index (χ3v) is 6.35. The first-order valence-electron chi connectivity index (χ1n) is 10.5. The van der Waals surface area contributed by atoms with Crippen molar-refractivity contribution in [2.75, 3.05) is 4.90 Å². The molecule has 32 heavy (non-hydrogen) atoms. The quantitative estimate of drug-likeness (QED) is 0.405. The maximum absolute atomic E-state index is 14.0. The molecule has 4 nitrogen and oxygen atoms in total. The van der Waals surface area contributed by atoms with Crippen LogP contribution in [0.25, 0.3) is 5.69 Å².